The molecule has 1 aromatic carbocycles. The van der Waals surface area contributed by atoms with E-state index in [0.29, 0.717) is 23.4 Å². The molecule has 3 N–H and O–H groups in total. The number of pyridine rings is 2. The van der Waals surface area contributed by atoms with Crippen LogP contribution in [0.5, 0.6) is 5.75 Å². The summed E-state index contributed by atoms with van der Waals surface area (Å²) in [5.41, 5.74) is 8.14. The van der Waals surface area contributed by atoms with Crippen molar-refractivity contribution in [3.8, 4) is 16.9 Å². The highest BCUT2D eigenvalue weighted by Gasteiger charge is 2.14. The van der Waals surface area contributed by atoms with Crippen LogP contribution in [0.1, 0.15) is 11.3 Å². The van der Waals surface area contributed by atoms with Gasteiger partial charge in [-0.1, -0.05) is 6.07 Å². The fourth-order valence-corrected chi connectivity index (χ4v) is 2.29. The van der Waals surface area contributed by atoms with Gasteiger partial charge in [0.2, 0.25) is 0 Å². The van der Waals surface area contributed by atoms with Gasteiger partial charge >= 0.3 is 0 Å². The summed E-state index contributed by atoms with van der Waals surface area (Å²) in [6.45, 7) is 0. The quantitative estimate of drug-likeness (QED) is 0.728. The number of nitrogens with zero attached hydrogens (tertiary/aromatic N) is 2. The molecule has 0 saturated carbocycles. The van der Waals surface area contributed by atoms with Crippen LogP contribution in [0, 0.1) is 5.82 Å². The Kier molecular flexibility index (Phi) is 3.70. The molecule has 0 radical (unpaired) electrons. The van der Waals surface area contributed by atoms with Crippen molar-refractivity contribution >= 4 is 5.69 Å². The molecular formula is C17H14FN3O. The Morgan fingerprint density at radius 2 is 1.95 bits per heavy atom. The lowest BCUT2D eigenvalue weighted by atomic mass is 10.0. The molecule has 0 aliphatic heterocycles. The summed E-state index contributed by atoms with van der Waals surface area (Å²) in [6, 6.07) is 9.53. The molecule has 0 amide bonds. The van der Waals surface area contributed by atoms with Gasteiger partial charge in [-0.15, -0.1) is 0 Å². The van der Waals surface area contributed by atoms with Crippen LogP contribution in [0.2, 0.25) is 0 Å². The number of nitrogen functional groups attached to an aromatic ring is 1. The number of hydrogen-bond donors (Lipinski definition) is 2. The molecule has 0 spiro atoms. The second-order valence-corrected chi connectivity index (χ2v) is 4.93. The highest BCUT2D eigenvalue weighted by atomic mass is 19.1. The summed E-state index contributed by atoms with van der Waals surface area (Å²) < 4.78 is 14.0. The Balaban J connectivity index is 2.04. The van der Waals surface area contributed by atoms with E-state index in [0.717, 1.165) is 5.56 Å². The van der Waals surface area contributed by atoms with Gasteiger partial charge in [0.25, 0.3) is 0 Å². The van der Waals surface area contributed by atoms with Gasteiger partial charge in [-0.3, -0.25) is 9.97 Å². The Labute approximate surface area is 127 Å². The number of aromatic hydroxyl groups is 1. The Bertz CT molecular complexity index is 806. The normalized spacial score (nSPS) is 10.6. The summed E-state index contributed by atoms with van der Waals surface area (Å²) in [7, 11) is 0. The summed E-state index contributed by atoms with van der Waals surface area (Å²) in [6.07, 6.45) is 5.34. The SMILES string of the molecule is Nc1ccc(F)c(-c2ccnc(Cc3cccnc3)c2O)c1. The standard InChI is InChI=1S/C17H14FN3O/c18-15-4-3-12(19)9-14(15)13-5-7-21-16(17(13)22)8-11-2-1-6-20-10-11/h1-7,9-10,22H,8,19H2. The van der Waals surface area contributed by atoms with Gasteiger partial charge in [0.15, 0.2) is 0 Å². The van der Waals surface area contributed by atoms with Crippen LogP contribution in [-0.4, -0.2) is 15.1 Å². The molecule has 3 aromatic rings. The van der Waals surface area contributed by atoms with Gasteiger partial charge in [0, 0.05) is 41.8 Å². The van der Waals surface area contributed by atoms with Crippen molar-refractivity contribution in [2.75, 3.05) is 5.73 Å². The van der Waals surface area contributed by atoms with E-state index in [-0.39, 0.29) is 11.3 Å². The second-order valence-electron chi connectivity index (χ2n) is 4.93. The third kappa shape index (κ3) is 2.74. The zero-order valence-electron chi connectivity index (χ0n) is 11.7. The summed E-state index contributed by atoms with van der Waals surface area (Å²) in [5, 5.41) is 10.4. The minimum Gasteiger partial charge on any atom is -0.505 e. The lowest BCUT2D eigenvalue weighted by molar-refractivity contribution is 0.467. The summed E-state index contributed by atoms with van der Waals surface area (Å²) in [5.74, 6) is -0.487. The second kappa shape index (κ2) is 5.81. The van der Waals surface area contributed by atoms with Gasteiger partial charge in [-0.05, 0) is 35.9 Å². The van der Waals surface area contributed by atoms with Gasteiger partial charge < -0.3 is 10.8 Å². The Morgan fingerprint density at radius 3 is 2.73 bits per heavy atom. The van der Waals surface area contributed by atoms with E-state index >= 15 is 0 Å². The molecule has 110 valence electrons. The topological polar surface area (TPSA) is 72.0 Å². The fourth-order valence-electron chi connectivity index (χ4n) is 2.29. The maximum Gasteiger partial charge on any atom is 0.145 e. The van der Waals surface area contributed by atoms with E-state index in [1.165, 1.54) is 18.2 Å². The van der Waals surface area contributed by atoms with Crippen molar-refractivity contribution in [3.05, 3.63) is 72.1 Å². The molecule has 0 saturated heterocycles. The van der Waals surface area contributed by atoms with Crippen LogP contribution in [0.4, 0.5) is 10.1 Å². The van der Waals surface area contributed by atoms with Crippen molar-refractivity contribution in [2.45, 2.75) is 6.42 Å². The zero-order valence-corrected chi connectivity index (χ0v) is 11.7. The molecule has 0 aliphatic rings. The van der Waals surface area contributed by atoms with E-state index in [2.05, 4.69) is 9.97 Å². The molecule has 4 nitrogen and oxygen atoms in total. The van der Waals surface area contributed by atoms with Crippen molar-refractivity contribution in [3.63, 3.8) is 0 Å². The van der Waals surface area contributed by atoms with Gasteiger partial charge in [0.05, 0.1) is 5.69 Å². The molecule has 0 unspecified atom stereocenters. The van der Waals surface area contributed by atoms with Crippen LogP contribution in [0.25, 0.3) is 11.1 Å². The van der Waals surface area contributed by atoms with Crippen LogP contribution in [-0.2, 0) is 6.42 Å². The fraction of sp³-hybridized carbons (Fsp3) is 0.0588. The minimum absolute atomic E-state index is 0.0455. The molecule has 5 heteroatoms. The third-order valence-corrected chi connectivity index (χ3v) is 3.37. The number of aromatic nitrogens is 2. The van der Waals surface area contributed by atoms with E-state index < -0.39 is 5.82 Å². The predicted octanol–water partition coefficient (Wildman–Crippen LogP) is 3.16. The first kappa shape index (κ1) is 14.0. The first-order valence-electron chi connectivity index (χ1n) is 6.76. The highest BCUT2D eigenvalue weighted by Crippen LogP contribution is 2.34. The monoisotopic (exact) mass is 295 g/mol. The van der Waals surface area contributed by atoms with Crippen LogP contribution in [0.15, 0.2) is 55.0 Å². The van der Waals surface area contributed by atoms with Crippen LogP contribution in [0.3, 0.4) is 0 Å². The Hall–Kier alpha value is -2.95. The molecular weight excluding hydrogens is 281 g/mol. The average molecular weight is 295 g/mol. The van der Waals surface area contributed by atoms with E-state index in [1.807, 2.05) is 12.1 Å². The largest absolute Gasteiger partial charge is 0.505 e. The molecule has 3 rings (SSSR count). The Morgan fingerprint density at radius 1 is 1.09 bits per heavy atom. The molecule has 2 heterocycles. The van der Waals surface area contributed by atoms with Crippen molar-refractivity contribution in [1.82, 2.24) is 9.97 Å². The first-order chi connectivity index (χ1) is 10.6. The van der Waals surface area contributed by atoms with E-state index in [9.17, 15) is 9.50 Å². The van der Waals surface area contributed by atoms with E-state index in [1.54, 1.807) is 24.7 Å². The number of rotatable bonds is 3. The smallest absolute Gasteiger partial charge is 0.145 e. The molecule has 2 aromatic heterocycles. The lowest BCUT2D eigenvalue weighted by Crippen LogP contribution is -1.96. The maximum absolute atomic E-state index is 14.0. The molecule has 0 aliphatic carbocycles. The van der Waals surface area contributed by atoms with Crippen LogP contribution < -0.4 is 5.73 Å². The molecule has 0 fully saturated rings. The average Bonchev–Trinajstić information content (AvgIpc) is 2.53. The summed E-state index contributed by atoms with van der Waals surface area (Å²) >= 11 is 0. The number of hydrogen-bond acceptors (Lipinski definition) is 4. The van der Waals surface area contributed by atoms with Crippen molar-refractivity contribution < 1.29 is 9.50 Å². The van der Waals surface area contributed by atoms with Crippen molar-refractivity contribution in [1.29, 1.82) is 0 Å². The maximum atomic E-state index is 14.0. The van der Waals surface area contributed by atoms with Gasteiger partial charge in [0.1, 0.15) is 11.6 Å². The highest BCUT2D eigenvalue weighted by molar-refractivity contribution is 5.73. The van der Waals surface area contributed by atoms with Gasteiger partial charge in [-0.25, -0.2) is 4.39 Å². The molecule has 0 atom stereocenters. The first-order valence-corrected chi connectivity index (χ1v) is 6.76. The van der Waals surface area contributed by atoms with E-state index in [4.69, 9.17) is 5.73 Å². The zero-order chi connectivity index (χ0) is 15.5. The van der Waals surface area contributed by atoms with Gasteiger partial charge in [-0.2, -0.15) is 0 Å². The number of halogens is 1. The third-order valence-electron chi connectivity index (χ3n) is 3.37. The van der Waals surface area contributed by atoms with Crippen molar-refractivity contribution in [2.24, 2.45) is 0 Å². The van der Waals surface area contributed by atoms with Crippen LogP contribution >= 0.6 is 0 Å². The molecule has 22 heavy (non-hydrogen) atoms. The number of benzene rings is 1. The molecule has 0 bridgehead atoms. The minimum atomic E-state index is -0.442. The summed E-state index contributed by atoms with van der Waals surface area (Å²) in [4.78, 5) is 8.21. The number of anilines is 1. The number of nitrogens with two attached hydrogens (primary N) is 1. The predicted molar refractivity (Wildman–Crippen MR) is 82.8 cm³/mol. The lowest BCUT2D eigenvalue weighted by Gasteiger charge is -2.10.